The maximum atomic E-state index is 12.4. The lowest BCUT2D eigenvalue weighted by Gasteiger charge is -2.18. The quantitative estimate of drug-likeness (QED) is 0.384. The number of H-pyrrole nitrogens is 2. The van der Waals surface area contributed by atoms with Gasteiger partial charge in [0.1, 0.15) is 12.2 Å². The third-order valence-corrected chi connectivity index (χ3v) is 5.28. The number of aliphatic hydroxyl groups excluding tert-OH is 1. The minimum Gasteiger partial charge on any atom is -0.385 e. The van der Waals surface area contributed by atoms with Crippen LogP contribution in [0.25, 0.3) is 21.9 Å². The van der Waals surface area contributed by atoms with Crippen molar-refractivity contribution >= 4 is 33.8 Å². The van der Waals surface area contributed by atoms with Crippen molar-refractivity contribution in [3.05, 3.63) is 22.0 Å². The molecule has 0 aliphatic carbocycles. The predicted molar refractivity (Wildman–Crippen MR) is 107 cm³/mol. The number of fused-ring (bicyclic) bond motifs is 2. The molecule has 1 fully saturated rings. The molecule has 4 rings (SSSR count). The Bertz CT molecular complexity index is 1100. The molecule has 6 N–H and O–H groups in total. The van der Waals surface area contributed by atoms with E-state index in [9.17, 15) is 9.90 Å². The fourth-order valence-electron chi connectivity index (χ4n) is 3.91. The van der Waals surface area contributed by atoms with Gasteiger partial charge in [0.25, 0.3) is 5.56 Å². The lowest BCUT2D eigenvalue weighted by atomic mass is 9.99. The van der Waals surface area contributed by atoms with Crippen LogP contribution in [0, 0.1) is 0 Å². The molecule has 0 spiro atoms. The second-order valence-electron chi connectivity index (χ2n) is 6.94. The maximum absolute atomic E-state index is 12.4. The molecule has 11 heteroatoms. The fourth-order valence-corrected chi connectivity index (χ4v) is 3.91. The third kappa shape index (κ3) is 3.31. The number of rotatable bonds is 6. The molecule has 29 heavy (non-hydrogen) atoms. The number of methoxy groups -OCH3 is 2. The first-order valence-electron chi connectivity index (χ1n) is 9.24. The average Bonchev–Trinajstić information content (AvgIpc) is 3.25. The second kappa shape index (κ2) is 7.59. The number of nitrogens with zero attached hydrogens (tertiary/aromatic N) is 2. The first-order chi connectivity index (χ1) is 14.0. The fraction of sp³-hybridized carbons (Fsp3) is 0.500. The number of aromatic amines is 2. The largest absolute Gasteiger partial charge is 0.385 e. The highest BCUT2D eigenvalue weighted by atomic mass is 16.7. The lowest BCUT2D eigenvalue weighted by Crippen LogP contribution is -2.35. The zero-order chi connectivity index (χ0) is 20.7. The molecule has 0 unspecified atom stereocenters. The number of hydrogen-bond donors (Lipinski definition) is 5. The molecule has 1 aliphatic rings. The number of imidazole rings is 1. The van der Waals surface area contributed by atoms with Crippen LogP contribution in [-0.2, 0) is 20.6 Å². The van der Waals surface area contributed by atoms with E-state index in [1.54, 1.807) is 13.1 Å². The highest BCUT2D eigenvalue weighted by molar-refractivity contribution is 5.98. The minimum atomic E-state index is -0.888. The van der Waals surface area contributed by atoms with Gasteiger partial charge in [-0.1, -0.05) is 0 Å². The van der Waals surface area contributed by atoms with E-state index in [1.807, 2.05) is 0 Å². The number of aliphatic hydroxyl groups is 1. The topological polar surface area (TPSA) is 160 Å². The van der Waals surface area contributed by atoms with Crippen LogP contribution in [0.3, 0.4) is 0 Å². The van der Waals surface area contributed by atoms with Crippen molar-refractivity contribution in [2.24, 2.45) is 0 Å². The van der Waals surface area contributed by atoms with Gasteiger partial charge in [-0.25, -0.2) is 9.97 Å². The molecule has 1 aliphatic heterocycles. The number of ether oxygens (including phenoxy) is 3. The van der Waals surface area contributed by atoms with Crippen LogP contribution in [0.15, 0.2) is 10.9 Å². The van der Waals surface area contributed by atoms with Crippen molar-refractivity contribution in [1.29, 1.82) is 0 Å². The van der Waals surface area contributed by atoms with Gasteiger partial charge in [0.15, 0.2) is 6.29 Å². The summed E-state index contributed by atoms with van der Waals surface area (Å²) in [5.74, 6) is 0.608. The molecule has 3 heterocycles. The SMILES string of the molecule is CNc1nc2c(CC[C@H]3O[C@@H](OC)[C@H](O)[C@@H]3OC)c3nc(N)[nH]c(=O)c3cc2[nH]1. The van der Waals surface area contributed by atoms with E-state index in [0.29, 0.717) is 40.7 Å². The van der Waals surface area contributed by atoms with Gasteiger partial charge < -0.3 is 35.4 Å². The van der Waals surface area contributed by atoms with Gasteiger partial charge >= 0.3 is 0 Å². The highest BCUT2D eigenvalue weighted by Crippen LogP contribution is 2.31. The van der Waals surface area contributed by atoms with Crippen LogP contribution >= 0.6 is 0 Å². The first kappa shape index (κ1) is 19.6. The van der Waals surface area contributed by atoms with E-state index in [-0.39, 0.29) is 11.5 Å². The number of aromatic nitrogens is 4. The number of nitrogens with two attached hydrogens (primary N) is 1. The molecule has 0 amide bonds. The second-order valence-corrected chi connectivity index (χ2v) is 6.94. The van der Waals surface area contributed by atoms with Crippen LogP contribution in [-0.4, -0.2) is 70.9 Å². The number of anilines is 2. The molecular weight excluding hydrogens is 380 g/mol. The number of nitrogen functional groups attached to an aromatic ring is 1. The lowest BCUT2D eigenvalue weighted by molar-refractivity contribution is -0.149. The standard InChI is InChI=1S/C18H24N6O5/c1-20-18-21-9-6-8-11(22-17(19)24-15(8)26)7(12(9)23-18)4-5-10-14(27-2)13(25)16(28-3)29-10/h6,10,13-14,16,25H,4-5H2,1-3H3,(H2,20,21,23)(H3,19,22,24,26)/t10-,13-,14-,16-/m1/s1. The van der Waals surface area contributed by atoms with Crippen molar-refractivity contribution in [3.8, 4) is 0 Å². The van der Waals surface area contributed by atoms with Gasteiger partial charge in [-0.05, 0) is 18.9 Å². The van der Waals surface area contributed by atoms with Gasteiger partial charge in [-0.3, -0.25) is 9.78 Å². The van der Waals surface area contributed by atoms with Crippen molar-refractivity contribution in [3.63, 3.8) is 0 Å². The number of hydrogen-bond acceptors (Lipinski definition) is 9. The van der Waals surface area contributed by atoms with E-state index in [4.69, 9.17) is 19.9 Å². The molecule has 3 aromatic rings. The van der Waals surface area contributed by atoms with Gasteiger partial charge in [0, 0.05) is 26.8 Å². The molecule has 1 saturated heterocycles. The highest BCUT2D eigenvalue weighted by Gasteiger charge is 2.44. The van der Waals surface area contributed by atoms with Gasteiger partial charge in [0.05, 0.1) is 28.0 Å². The Labute approximate surface area is 165 Å². The molecule has 4 atom stereocenters. The molecule has 11 nitrogen and oxygen atoms in total. The smallest absolute Gasteiger partial charge is 0.260 e. The minimum absolute atomic E-state index is 0.0363. The van der Waals surface area contributed by atoms with Gasteiger partial charge in [-0.2, -0.15) is 0 Å². The van der Waals surface area contributed by atoms with Crippen LogP contribution in [0.4, 0.5) is 11.9 Å². The van der Waals surface area contributed by atoms with E-state index in [1.165, 1.54) is 14.2 Å². The Morgan fingerprint density at radius 2 is 2.07 bits per heavy atom. The normalized spacial score (nSPS) is 24.6. The Morgan fingerprint density at radius 1 is 1.28 bits per heavy atom. The Morgan fingerprint density at radius 3 is 2.76 bits per heavy atom. The molecule has 1 aromatic carbocycles. The Hall–Kier alpha value is -2.73. The number of nitrogens with one attached hydrogen (secondary N) is 3. The molecular formula is C18H24N6O5. The van der Waals surface area contributed by atoms with Crippen molar-refractivity contribution in [1.82, 2.24) is 19.9 Å². The van der Waals surface area contributed by atoms with Gasteiger partial charge in [-0.15, -0.1) is 0 Å². The first-order valence-corrected chi connectivity index (χ1v) is 9.24. The summed E-state index contributed by atoms with van der Waals surface area (Å²) >= 11 is 0. The third-order valence-electron chi connectivity index (χ3n) is 5.28. The zero-order valence-electron chi connectivity index (χ0n) is 16.4. The number of aryl methyl sites for hydroxylation is 1. The van der Waals surface area contributed by atoms with Crippen LogP contribution in [0.2, 0.25) is 0 Å². The molecule has 0 bridgehead atoms. The summed E-state index contributed by atoms with van der Waals surface area (Å²) in [6.07, 6.45) is -1.59. The van der Waals surface area contributed by atoms with E-state index in [0.717, 1.165) is 5.56 Å². The Kier molecular flexibility index (Phi) is 5.13. The van der Waals surface area contributed by atoms with Crippen LogP contribution < -0.4 is 16.6 Å². The predicted octanol–water partition coefficient (Wildman–Crippen LogP) is 0.103. The van der Waals surface area contributed by atoms with Gasteiger partial charge in [0.2, 0.25) is 11.9 Å². The molecule has 0 saturated carbocycles. The summed E-state index contributed by atoms with van der Waals surface area (Å²) in [6, 6.07) is 1.71. The summed E-state index contributed by atoms with van der Waals surface area (Å²) < 4.78 is 16.4. The van der Waals surface area contributed by atoms with Crippen molar-refractivity contribution in [2.75, 3.05) is 32.3 Å². The van der Waals surface area contributed by atoms with Crippen molar-refractivity contribution in [2.45, 2.75) is 37.4 Å². The summed E-state index contributed by atoms with van der Waals surface area (Å²) in [6.45, 7) is 0. The monoisotopic (exact) mass is 404 g/mol. The van der Waals surface area contributed by atoms with E-state index < -0.39 is 24.6 Å². The van der Waals surface area contributed by atoms with Crippen LogP contribution in [0.5, 0.6) is 0 Å². The zero-order valence-corrected chi connectivity index (χ0v) is 16.4. The van der Waals surface area contributed by atoms with E-state index >= 15 is 0 Å². The number of benzene rings is 1. The summed E-state index contributed by atoms with van der Waals surface area (Å²) in [7, 11) is 4.74. The Balaban J connectivity index is 1.77. The summed E-state index contributed by atoms with van der Waals surface area (Å²) in [5.41, 5.74) is 8.12. The van der Waals surface area contributed by atoms with Crippen molar-refractivity contribution < 1.29 is 19.3 Å². The maximum Gasteiger partial charge on any atom is 0.260 e. The van der Waals surface area contributed by atoms with Crippen LogP contribution in [0.1, 0.15) is 12.0 Å². The average molecular weight is 404 g/mol. The summed E-state index contributed by atoms with van der Waals surface area (Å²) in [5, 5.41) is 13.7. The summed E-state index contributed by atoms with van der Waals surface area (Å²) in [4.78, 5) is 27.0. The molecule has 2 aromatic heterocycles. The molecule has 0 radical (unpaired) electrons. The molecule has 156 valence electrons. The van der Waals surface area contributed by atoms with E-state index in [2.05, 4.69) is 25.3 Å².